The van der Waals surface area contributed by atoms with Crippen LogP contribution in [0, 0.1) is 6.92 Å². The van der Waals surface area contributed by atoms with E-state index in [1.165, 1.54) is 24.1 Å². The number of ether oxygens (including phenoxy) is 1. The number of rotatable bonds is 14. The Morgan fingerprint density at radius 1 is 0.891 bits per heavy atom. The third-order valence-corrected chi connectivity index (χ3v) is 9.79. The Hall–Kier alpha value is -4.34. The molecule has 4 rings (SSSR count). The first kappa shape index (κ1) is 34.5. The highest BCUT2D eigenvalue weighted by atomic mass is 35.5. The number of benzene rings is 4. The number of aryl methyl sites for hydroxylation is 1. The number of nitrogens with zero attached hydrogens (tertiary/aromatic N) is 2. The van der Waals surface area contributed by atoms with E-state index in [0.717, 1.165) is 21.0 Å². The number of methoxy groups -OCH3 is 1. The van der Waals surface area contributed by atoms with E-state index >= 15 is 0 Å². The highest BCUT2D eigenvalue weighted by Crippen LogP contribution is 2.27. The first-order valence-electron chi connectivity index (χ1n) is 15.1. The molecule has 10 heteroatoms. The lowest BCUT2D eigenvalue weighted by Gasteiger charge is -2.34. The molecule has 1 N–H and O–H groups in total. The summed E-state index contributed by atoms with van der Waals surface area (Å²) >= 11 is 6.15. The van der Waals surface area contributed by atoms with Crippen LogP contribution in [0.4, 0.5) is 5.69 Å². The predicted molar refractivity (Wildman–Crippen MR) is 183 cm³/mol. The largest absolute Gasteiger partial charge is 0.497 e. The molecule has 2 amide bonds. The van der Waals surface area contributed by atoms with Crippen LogP contribution in [0.1, 0.15) is 37.0 Å². The number of carbonyl (C=O) groups excluding carboxylic acids is 2. The normalized spacial score (nSPS) is 12.5. The molecule has 0 bridgehead atoms. The molecule has 4 aromatic carbocycles. The van der Waals surface area contributed by atoms with E-state index in [-0.39, 0.29) is 35.5 Å². The zero-order valence-corrected chi connectivity index (χ0v) is 28.1. The quantitative estimate of drug-likeness (QED) is 0.169. The monoisotopic (exact) mass is 661 g/mol. The maximum absolute atomic E-state index is 14.5. The number of halogens is 1. The van der Waals surface area contributed by atoms with Crippen molar-refractivity contribution < 1.29 is 22.7 Å². The van der Waals surface area contributed by atoms with Crippen molar-refractivity contribution in [2.75, 3.05) is 18.0 Å². The number of hydrogen-bond donors (Lipinski definition) is 1. The molecule has 0 heterocycles. The fraction of sp³-hybridized carbons (Fsp3) is 0.278. The van der Waals surface area contributed by atoms with E-state index < -0.39 is 28.5 Å². The Labute approximate surface area is 277 Å². The van der Waals surface area contributed by atoms with Crippen LogP contribution in [0.2, 0.25) is 5.02 Å². The average Bonchev–Trinajstić information content (AvgIpc) is 3.06. The zero-order chi connectivity index (χ0) is 33.3. The summed E-state index contributed by atoms with van der Waals surface area (Å²) in [6.45, 7) is 5.39. The van der Waals surface area contributed by atoms with E-state index in [1.807, 2.05) is 75.4 Å². The number of nitrogens with one attached hydrogen (secondary N) is 1. The topological polar surface area (TPSA) is 96.0 Å². The van der Waals surface area contributed by atoms with Crippen LogP contribution < -0.4 is 14.4 Å². The van der Waals surface area contributed by atoms with Crippen molar-refractivity contribution in [3.05, 3.63) is 125 Å². The predicted octanol–water partition coefficient (Wildman–Crippen LogP) is 6.41. The van der Waals surface area contributed by atoms with Gasteiger partial charge < -0.3 is 15.0 Å². The van der Waals surface area contributed by atoms with Gasteiger partial charge in [0, 0.05) is 24.0 Å². The average molecular weight is 662 g/mol. The highest BCUT2D eigenvalue weighted by molar-refractivity contribution is 7.92. The molecule has 0 aliphatic heterocycles. The van der Waals surface area contributed by atoms with Gasteiger partial charge in [-0.25, -0.2) is 8.42 Å². The number of amides is 2. The second-order valence-corrected chi connectivity index (χ2v) is 13.5. The lowest BCUT2D eigenvalue weighted by atomic mass is 10.0. The summed E-state index contributed by atoms with van der Waals surface area (Å²) in [6.07, 6.45) is 0.951. The second-order valence-electron chi connectivity index (χ2n) is 11.2. The van der Waals surface area contributed by atoms with E-state index in [1.54, 1.807) is 36.4 Å². The van der Waals surface area contributed by atoms with Crippen LogP contribution in [-0.4, -0.2) is 50.9 Å². The number of anilines is 1. The Balaban J connectivity index is 1.80. The van der Waals surface area contributed by atoms with Crippen molar-refractivity contribution in [1.82, 2.24) is 10.2 Å². The molecule has 0 fully saturated rings. The Kier molecular flexibility index (Phi) is 11.8. The van der Waals surface area contributed by atoms with E-state index in [2.05, 4.69) is 5.32 Å². The lowest BCUT2D eigenvalue weighted by molar-refractivity contribution is -0.140. The summed E-state index contributed by atoms with van der Waals surface area (Å²) in [4.78, 5) is 30.0. The Morgan fingerprint density at radius 2 is 1.54 bits per heavy atom. The Bertz CT molecular complexity index is 1720. The standard InChI is InChI=1S/C36H40ClN3O5S/c1-5-27(3)38-36(42)34(23-28-11-7-6-8-12-28)39(24-29-13-9-10-26(2)22-29)35(41)25-40(31-16-14-30(37)15-17-31)46(43,44)33-20-18-32(45-4)19-21-33/h6-22,27,34H,5,23-25H2,1-4H3,(H,38,42)/t27-,34+/m0/s1. The molecule has 4 aromatic rings. The van der Waals surface area contributed by atoms with Crippen molar-refractivity contribution in [2.45, 2.75) is 57.1 Å². The summed E-state index contributed by atoms with van der Waals surface area (Å²) in [5, 5.41) is 3.47. The Morgan fingerprint density at radius 3 is 2.15 bits per heavy atom. The zero-order valence-electron chi connectivity index (χ0n) is 26.5. The van der Waals surface area contributed by atoms with E-state index in [9.17, 15) is 18.0 Å². The summed E-state index contributed by atoms with van der Waals surface area (Å²) < 4.78 is 34.6. The van der Waals surface area contributed by atoms with Crippen molar-refractivity contribution >= 4 is 39.1 Å². The molecule has 0 aliphatic rings. The van der Waals surface area contributed by atoms with Crippen LogP contribution in [0.25, 0.3) is 0 Å². The van der Waals surface area contributed by atoms with Gasteiger partial charge in [-0.3, -0.25) is 13.9 Å². The van der Waals surface area contributed by atoms with Gasteiger partial charge in [0.2, 0.25) is 11.8 Å². The maximum Gasteiger partial charge on any atom is 0.264 e. The third-order valence-electron chi connectivity index (χ3n) is 7.75. The molecular formula is C36H40ClN3O5S. The van der Waals surface area contributed by atoms with Crippen LogP contribution in [-0.2, 0) is 32.6 Å². The van der Waals surface area contributed by atoms with Gasteiger partial charge >= 0.3 is 0 Å². The molecule has 242 valence electrons. The molecule has 46 heavy (non-hydrogen) atoms. The first-order chi connectivity index (χ1) is 22.0. The third kappa shape index (κ3) is 8.89. The SMILES string of the molecule is CC[C@H](C)NC(=O)[C@@H](Cc1ccccc1)N(Cc1cccc(C)c1)C(=O)CN(c1ccc(Cl)cc1)S(=O)(=O)c1ccc(OC)cc1. The minimum atomic E-state index is -4.24. The van der Waals surface area contributed by atoms with Crippen LogP contribution in [0.15, 0.2) is 108 Å². The number of sulfonamides is 1. The van der Waals surface area contributed by atoms with Gasteiger partial charge in [0.25, 0.3) is 10.0 Å². The molecule has 0 saturated heterocycles. The number of carbonyl (C=O) groups is 2. The van der Waals surface area contributed by atoms with E-state index in [0.29, 0.717) is 17.2 Å². The van der Waals surface area contributed by atoms with Crippen molar-refractivity contribution in [1.29, 1.82) is 0 Å². The van der Waals surface area contributed by atoms with Crippen molar-refractivity contribution in [2.24, 2.45) is 0 Å². The summed E-state index contributed by atoms with van der Waals surface area (Å²) in [7, 11) is -2.75. The minimum absolute atomic E-state index is 0.0170. The van der Waals surface area contributed by atoms with Crippen LogP contribution in [0.5, 0.6) is 5.75 Å². The van der Waals surface area contributed by atoms with Gasteiger partial charge in [-0.15, -0.1) is 0 Å². The van der Waals surface area contributed by atoms with Gasteiger partial charge in [-0.1, -0.05) is 78.7 Å². The van der Waals surface area contributed by atoms with Crippen molar-refractivity contribution in [3.8, 4) is 5.75 Å². The fourth-order valence-corrected chi connectivity index (χ4v) is 6.55. The molecule has 8 nitrogen and oxygen atoms in total. The summed E-state index contributed by atoms with van der Waals surface area (Å²) in [5.74, 6) is -0.350. The van der Waals surface area contributed by atoms with Gasteiger partial charge in [-0.2, -0.15) is 0 Å². The molecule has 0 spiro atoms. The molecule has 0 radical (unpaired) electrons. The molecule has 0 saturated carbocycles. The van der Waals surface area contributed by atoms with Gasteiger partial charge in [-0.05, 0) is 79.9 Å². The van der Waals surface area contributed by atoms with Gasteiger partial charge in [0.15, 0.2) is 0 Å². The molecular weight excluding hydrogens is 622 g/mol. The maximum atomic E-state index is 14.5. The fourth-order valence-electron chi connectivity index (χ4n) is 5.01. The van der Waals surface area contributed by atoms with Gasteiger partial charge in [0.1, 0.15) is 18.3 Å². The smallest absolute Gasteiger partial charge is 0.264 e. The first-order valence-corrected chi connectivity index (χ1v) is 16.9. The van der Waals surface area contributed by atoms with Crippen LogP contribution >= 0.6 is 11.6 Å². The lowest BCUT2D eigenvalue weighted by Crippen LogP contribution is -2.54. The molecule has 2 atom stereocenters. The van der Waals surface area contributed by atoms with Crippen LogP contribution in [0.3, 0.4) is 0 Å². The molecule has 0 unspecified atom stereocenters. The van der Waals surface area contributed by atoms with E-state index in [4.69, 9.17) is 16.3 Å². The highest BCUT2D eigenvalue weighted by Gasteiger charge is 2.35. The minimum Gasteiger partial charge on any atom is -0.497 e. The van der Waals surface area contributed by atoms with Gasteiger partial charge in [0.05, 0.1) is 17.7 Å². The molecule has 0 aliphatic carbocycles. The second kappa shape index (κ2) is 15.8. The van der Waals surface area contributed by atoms with Crippen molar-refractivity contribution in [3.63, 3.8) is 0 Å². The summed E-state index contributed by atoms with van der Waals surface area (Å²) in [6, 6.07) is 28.4. The summed E-state index contributed by atoms with van der Waals surface area (Å²) in [5.41, 5.74) is 2.94. The number of hydrogen-bond acceptors (Lipinski definition) is 5. The molecule has 0 aromatic heterocycles.